The van der Waals surface area contributed by atoms with Crippen molar-refractivity contribution >= 4 is 11.9 Å². The van der Waals surface area contributed by atoms with Gasteiger partial charge in [-0.25, -0.2) is 4.79 Å². The molecule has 1 atom stereocenters. The molecule has 4 heteroatoms. The van der Waals surface area contributed by atoms with E-state index in [-0.39, 0.29) is 18.4 Å². The van der Waals surface area contributed by atoms with Gasteiger partial charge in [-0.15, -0.1) is 0 Å². The van der Waals surface area contributed by atoms with Gasteiger partial charge in [0.15, 0.2) is 0 Å². The second kappa shape index (κ2) is 5.65. The molecule has 0 heterocycles. The highest BCUT2D eigenvalue weighted by Crippen LogP contribution is 2.29. The fourth-order valence-electron chi connectivity index (χ4n) is 2.45. The maximum absolute atomic E-state index is 12.5. The van der Waals surface area contributed by atoms with Crippen molar-refractivity contribution in [1.82, 2.24) is 4.90 Å². The van der Waals surface area contributed by atoms with E-state index in [1.807, 2.05) is 32.0 Å². The van der Waals surface area contributed by atoms with Crippen molar-refractivity contribution in [1.29, 1.82) is 0 Å². The number of rotatable bonds is 5. The van der Waals surface area contributed by atoms with Gasteiger partial charge in [0.2, 0.25) is 5.91 Å². The Morgan fingerprint density at radius 3 is 2.55 bits per heavy atom. The number of carboxylic acids is 1. The Bertz CT molecular complexity index is 535. The molecule has 1 amide bonds. The minimum absolute atomic E-state index is 0.0869. The Labute approximate surface area is 119 Å². The number of benzene rings is 1. The zero-order chi connectivity index (χ0) is 14.9. The lowest BCUT2D eigenvalue weighted by Gasteiger charge is -2.26. The van der Waals surface area contributed by atoms with Gasteiger partial charge in [-0.2, -0.15) is 0 Å². The minimum Gasteiger partial charge on any atom is -0.480 e. The van der Waals surface area contributed by atoms with E-state index in [0.717, 1.165) is 29.5 Å². The van der Waals surface area contributed by atoms with Crippen molar-refractivity contribution in [3.8, 4) is 0 Å². The number of amides is 1. The first kappa shape index (κ1) is 14.6. The van der Waals surface area contributed by atoms with Crippen LogP contribution in [0.15, 0.2) is 18.2 Å². The number of carbonyl (C=O) groups is 2. The van der Waals surface area contributed by atoms with Gasteiger partial charge in [-0.05, 0) is 44.7 Å². The second-order valence-electron chi connectivity index (χ2n) is 5.65. The first-order valence-electron chi connectivity index (χ1n) is 7.00. The average Bonchev–Trinajstić information content (AvgIpc) is 3.18. The van der Waals surface area contributed by atoms with Gasteiger partial charge in [0.1, 0.15) is 6.04 Å². The molecular weight excluding hydrogens is 254 g/mol. The summed E-state index contributed by atoms with van der Waals surface area (Å²) >= 11 is 0. The summed E-state index contributed by atoms with van der Waals surface area (Å²) in [6.07, 6.45) is 2.11. The molecule has 1 unspecified atom stereocenters. The molecule has 1 aromatic carbocycles. The van der Waals surface area contributed by atoms with E-state index in [0.29, 0.717) is 0 Å². The van der Waals surface area contributed by atoms with E-state index in [2.05, 4.69) is 0 Å². The molecule has 2 rings (SSSR count). The monoisotopic (exact) mass is 275 g/mol. The Morgan fingerprint density at radius 2 is 2.00 bits per heavy atom. The summed E-state index contributed by atoms with van der Waals surface area (Å²) in [5.41, 5.74) is 3.17. The number of carboxylic acid groups (broad SMARTS) is 1. The number of aryl methyl sites for hydroxylation is 2. The Hall–Kier alpha value is -1.84. The summed E-state index contributed by atoms with van der Waals surface area (Å²) in [6.45, 7) is 5.55. The average molecular weight is 275 g/mol. The first-order valence-corrected chi connectivity index (χ1v) is 7.00. The fourth-order valence-corrected chi connectivity index (χ4v) is 2.45. The lowest BCUT2D eigenvalue weighted by atomic mass is 10.0. The second-order valence-corrected chi connectivity index (χ2v) is 5.65. The molecule has 1 N–H and O–H groups in total. The zero-order valence-electron chi connectivity index (χ0n) is 12.2. The third kappa shape index (κ3) is 3.18. The third-order valence-electron chi connectivity index (χ3n) is 3.85. The highest BCUT2D eigenvalue weighted by Gasteiger charge is 2.38. The van der Waals surface area contributed by atoms with Crippen LogP contribution < -0.4 is 0 Å². The van der Waals surface area contributed by atoms with Gasteiger partial charge >= 0.3 is 5.97 Å². The molecule has 0 bridgehead atoms. The summed E-state index contributed by atoms with van der Waals surface area (Å²) in [5, 5.41) is 9.15. The molecule has 1 aliphatic carbocycles. The van der Waals surface area contributed by atoms with Crippen LogP contribution in [0.4, 0.5) is 0 Å². The van der Waals surface area contributed by atoms with Crippen molar-refractivity contribution in [2.45, 2.75) is 52.1 Å². The highest BCUT2D eigenvalue weighted by atomic mass is 16.4. The maximum Gasteiger partial charge on any atom is 0.326 e. The third-order valence-corrected chi connectivity index (χ3v) is 3.85. The van der Waals surface area contributed by atoms with Gasteiger partial charge in [0.25, 0.3) is 0 Å². The van der Waals surface area contributed by atoms with Crippen LogP contribution in [0.2, 0.25) is 0 Å². The molecule has 0 aliphatic heterocycles. The number of aliphatic carboxylic acids is 1. The van der Waals surface area contributed by atoms with E-state index in [1.165, 1.54) is 0 Å². The summed E-state index contributed by atoms with van der Waals surface area (Å²) in [5.74, 6) is -1.03. The van der Waals surface area contributed by atoms with Crippen LogP contribution in [0.1, 0.15) is 36.5 Å². The van der Waals surface area contributed by atoms with E-state index in [9.17, 15) is 9.59 Å². The van der Waals surface area contributed by atoms with Gasteiger partial charge in [0, 0.05) is 6.04 Å². The van der Waals surface area contributed by atoms with Crippen molar-refractivity contribution < 1.29 is 14.7 Å². The van der Waals surface area contributed by atoms with Gasteiger partial charge < -0.3 is 10.0 Å². The van der Waals surface area contributed by atoms with E-state index in [1.54, 1.807) is 11.8 Å². The molecular formula is C16H21NO3. The number of carbonyl (C=O) groups excluding carboxylic acids is 1. The molecule has 20 heavy (non-hydrogen) atoms. The molecule has 1 saturated carbocycles. The smallest absolute Gasteiger partial charge is 0.326 e. The number of hydrogen-bond acceptors (Lipinski definition) is 2. The maximum atomic E-state index is 12.5. The molecule has 0 aromatic heterocycles. The summed E-state index contributed by atoms with van der Waals surface area (Å²) < 4.78 is 0. The predicted molar refractivity (Wildman–Crippen MR) is 76.6 cm³/mol. The summed E-state index contributed by atoms with van der Waals surface area (Å²) in [4.78, 5) is 25.2. The van der Waals surface area contributed by atoms with Crippen LogP contribution in [0, 0.1) is 13.8 Å². The van der Waals surface area contributed by atoms with Crippen LogP contribution in [-0.4, -0.2) is 34.0 Å². The van der Waals surface area contributed by atoms with Gasteiger partial charge in [-0.1, -0.05) is 23.8 Å². The quantitative estimate of drug-likeness (QED) is 0.897. The molecule has 0 saturated heterocycles. The molecule has 108 valence electrons. The molecule has 1 fully saturated rings. The molecule has 1 aliphatic rings. The van der Waals surface area contributed by atoms with E-state index < -0.39 is 12.0 Å². The van der Waals surface area contributed by atoms with Crippen LogP contribution in [0.25, 0.3) is 0 Å². The van der Waals surface area contributed by atoms with Crippen LogP contribution >= 0.6 is 0 Å². The molecule has 1 aromatic rings. The lowest BCUT2D eigenvalue weighted by Crippen LogP contribution is -2.45. The van der Waals surface area contributed by atoms with Crippen LogP contribution in [0.3, 0.4) is 0 Å². The Kier molecular flexibility index (Phi) is 4.12. The van der Waals surface area contributed by atoms with Crippen LogP contribution in [0.5, 0.6) is 0 Å². The standard InChI is InChI=1S/C16H21NO3/c1-10-4-5-11(2)13(8-10)9-15(18)17(14-6-7-14)12(3)16(19)20/h4-5,8,12,14H,6-7,9H2,1-3H3,(H,19,20). The van der Waals surface area contributed by atoms with E-state index >= 15 is 0 Å². The Balaban J connectivity index is 2.16. The van der Waals surface area contributed by atoms with Crippen molar-refractivity contribution in [2.75, 3.05) is 0 Å². The van der Waals surface area contributed by atoms with Gasteiger partial charge in [0.05, 0.1) is 6.42 Å². The zero-order valence-corrected chi connectivity index (χ0v) is 12.2. The predicted octanol–water partition coefficient (Wildman–Crippen LogP) is 2.31. The molecule has 4 nitrogen and oxygen atoms in total. The first-order chi connectivity index (χ1) is 9.40. The fraction of sp³-hybridized carbons (Fsp3) is 0.500. The Morgan fingerprint density at radius 1 is 1.35 bits per heavy atom. The van der Waals surface area contributed by atoms with Crippen molar-refractivity contribution in [2.24, 2.45) is 0 Å². The molecule has 0 radical (unpaired) electrons. The minimum atomic E-state index is -0.939. The van der Waals surface area contributed by atoms with Gasteiger partial charge in [-0.3, -0.25) is 4.79 Å². The topological polar surface area (TPSA) is 57.6 Å². The lowest BCUT2D eigenvalue weighted by molar-refractivity contribution is -0.149. The van der Waals surface area contributed by atoms with Crippen molar-refractivity contribution in [3.05, 3.63) is 34.9 Å². The van der Waals surface area contributed by atoms with E-state index in [4.69, 9.17) is 5.11 Å². The summed E-state index contributed by atoms with van der Waals surface area (Å²) in [6, 6.07) is 5.38. The van der Waals surface area contributed by atoms with Crippen LogP contribution in [-0.2, 0) is 16.0 Å². The molecule has 0 spiro atoms. The normalized spacial score (nSPS) is 15.8. The number of nitrogens with zero attached hydrogens (tertiary/aromatic N) is 1. The van der Waals surface area contributed by atoms with Crippen molar-refractivity contribution in [3.63, 3.8) is 0 Å². The SMILES string of the molecule is Cc1ccc(C)c(CC(=O)N(C2CC2)C(C)C(=O)O)c1. The highest BCUT2D eigenvalue weighted by molar-refractivity contribution is 5.85. The summed E-state index contributed by atoms with van der Waals surface area (Å²) in [7, 11) is 0. The number of hydrogen-bond donors (Lipinski definition) is 1. The largest absolute Gasteiger partial charge is 0.480 e.